The standard InChI is InChI=1S/C12H16BrNO4S/c1-8(2)11(12(15)16)14-19(17,18)7-9-5-3-4-6-10(9)13/h3-6,8,11,14H,7H2,1-2H3,(H,15,16)/t11-/m1/s1. The molecule has 0 radical (unpaired) electrons. The molecule has 0 heterocycles. The Kier molecular flexibility index (Phi) is 5.51. The molecule has 0 saturated heterocycles. The van der Waals surface area contributed by atoms with Crippen molar-refractivity contribution in [2.75, 3.05) is 0 Å². The third-order valence-corrected chi connectivity index (χ3v) is 4.62. The highest BCUT2D eigenvalue weighted by atomic mass is 79.9. The van der Waals surface area contributed by atoms with Gasteiger partial charge in [0, 0.05) is 4.47 Å². The fraction of sp³-hybridized carbons (Fsp3) is 0.417. The summed E-state index contributed by atoms with van der Waals surface area (Å²) < 4.78 is 26.8. The molecule has 1 atom stereocenters. The number of aliphatic carboxylic acids is 1. The first kappa shape index (κ1) is 16.1. The summed E-state index contributed by atoms with van der Waals surface area (Å²) in [4.78, 5) is 11.0. The van der Waals surface area contributed by atoms with Crippen LogP contribution in [0.1, 0.15) is 19.4 Å². The lowest BCUT2D eigenvalue weighted by atomic mass is 10.1. The van der Waals surface area contributed by atoms with Crippen molar-refractivity contribution in [3.05, 3.63) is 34.3 Å². The summed E-state index contributed by atoms with van der Waals surface area (Å²) >= 11 is 3.26. The van der Waals surface area contributed by atoms with E-state index in [4.69, 9.17) is 5.11 Å². The van der Waals surface area contributed by atoms with Gasteiger partial charge in [-0.3, -0.25) is 4.79 Å². The van der Waals surface area contributed by atoms with Crippen LogP contribution in [0.5, 0.6) is 0 Å². The maximum atomic E-state index is 12.0. The van der Waals surface area contributed by atoms with Crippen molar-refractivity contribution in [1.29, 1.82) is 0 Å². The Morgan fingerprint density at radius 3 is 2.42 bits per heavy atom. The minimum atomic E-state index is -3.71. The van der Waals surface area contributed by atoms with Crippen molar-refractivity contribution in [1.82, 2.24) is 4.72 Å². The highest BCUT2D eigenvalue weighted by Crippen LogP contribution is 2.18. The second-order valence-electron chi connectivity index (χ2n) is 4.53. The lowest BCUT2D eigenvalue weighted by Gasteiger charge is -2.18. The summed E-state index contributed by atoms with van der Waals surface area (Å²) in [5, 5.41) is 8.99. The van der Waals surface area contributed by atoms with E-state index in [1.165, 1.54) is 0 Å². The molecule has 19 heavy (non-hydrogen) atoms. The third-order valence-electron chi connectivity index (χ3n) is 2.54. The van der Waals surface area contributed by atoms with Gasteiger partial charge in [-0.2, -0.15) is 0 Å². The van der Waals surface area contributed by atoms with Crippen LogP contribution in [0.2, 0.25) is 0 Å². The smallest absolute Gasteiger partial charge is 0.321 e. The summed E-state index contributed by atoms with van der Waals surface area (Å²) in [6, 6.07) is 5.80. The lowest BCUT2D eigenvalue weighted by Crippen LogP contribution is -2.44. The SMILES string of the molecule is CC(C)[C@@H](NS(=O)(=O)Cc1ccccc1Br)C(=O)O. The largest absolute Gasteiger partial charge is 0.480 e. The molecule has 0 bridgehead atoms. The molecule has 0 amide bonds. The fourth-order valence-corrected chi connectivity index (χ4v) is 3.64. The number of sulfonamides is 1. The van der Waals surface area contributed by atoms with Crippen molar-refractivity contribution in [3.8, 4) is 0 Å². The molecule has 106 valence electrons. The van der Waals surface area contributed by atoms with Gasteiger partial charge in [0.2, 0.25) is 10.0 Å². The quantitative estimate of drug-likeness (QED) is 0.822. The number of carboxylic acids is 1. The Bertz CT molecular complexity index is 557. The Morgan fingerprint density at radius 1 is 1.37 bits per heavy atom. The second kappa shape index (κ2) is 6.49. The van der Waals surface area contributed by atoms with E-state index in [1.54, 1.807) is 38.1 Å². The molecule has 5 nitrogen and oxygen atoms in total. The number of halogens is 1. The monoisotopic (exact) mass is 349 g/mol. The van der Waals surface area contributed by atoms with Gasteiger partial charge in [0.25, 0.3) is 0 Å². The number of nitrogens with one attached hydrogen (secondary N) is 1. The first-order valence-electron chi connectivity index (χ1n) is 5.69. The van der Waals surface area contributed by atoms with Crippen LogP contribution in [0.4, 0.5) is 0 Å². The molecular formula is C12H16BrNO4S. The normalized spacial score (nSPS) is 13.5. The Hall–Kier alpha value is -0.920. The second-order valence-corrected chi connectivity index (χ2v) is 7.14. The van der Waals surface area contributed by atoms with E-state index >= 15 is 0 Å². The van der Waals surface area contributed by atoms with Gasteiger partial charge in [0.15, 0.2) is 0 Å². The van der Waals surface area contributed by atoms with Crippen molar-refractivity contribution in [2.45, 2.75) is 25.6 Å². The summed E-state index contributed by atoms with van der Waals surface area (Å²) in [6.45, 7) is 3.31. The first-order valence-corrected chi connectivity index (χ1v) is 8.13. The molecule has 7 heteroatoms. The van der Waals surface area contributed by atoms with E-state index in [2.05, 4.69) is 20.7 Å². The number of rotatable bonds is 6. The number of hydrogen-bond acceptors (Lipinski definition) is 3. The van der Waals surface area contributed by atoms with Crippen LogP contribution < -0.4 is 4.72 Å². The minimum Gasteiger partial charge on any atom is -0.480 e. The number of carbonyl (C=O) groups is 1. The molecule has 1 rings (SSSR count). The van der Waals surface area contributed by atoms with Gasteiger partial charge in [0.1, 0.15) is 6.04 Å². The molecule has 0 fully saturated rings. The number of carboxylic acid groups (broad SMARTS) is 1. The van der Waals surface area contributed by atoms with Crippen LogP contribution >= 0.6 is 15.9 Å². The van der Waals surface area contributed by atoms with Crippen molar-refractivity contribution < 1.29 is 18.3 Å². The summed E-state index contributed by atoms with van der Waals surface area (Å²) in [7, 11) is -3.71. The van der Waals surface area contributed by atoms with E-state index in [9.17, 15) is 13.2 Å². The Labute approximate surface area is 121 Å². The van der Waals surface area contributed by atoms with Gasteiger partial charge in [0.05, 0.1) is 5.75 Å². The zero-order valence-corrected chi connectivity index (χ0v) is 13.0. The maximum Gasteiger partial charge on any atom is 0.321 e. The molecule has 0 aliphatic heterocycles. The molecule has 1 aromatic rings. The summed E-state index contributed by atoms with van der Waals surface area (Å²) in [5.74, 6) is -1.76. The molecule has 1 aromatic carbocycles. The van der Waals surface area contributed by atoms with Crippen LogP contribution in [0, 0.1) is 5.92 Å². The summed E-state index contributed by atoms with van der Waals surface area (Å²) in [5.41, 5.74) is 0.586. The van der Waals surface area contributed by atoms with Gasteiger partial charge in [-0.15, -0.1) is 0 Å². The van der Waals surface area contributed by atoms with E-state index in [0.717, 1.165) is 0 Å². The van der Waals surface area contributed by atoms with Gasteiger partial charge in [-0.05, 0) is 17.5 Å². The molecule has 0 unspecified atom stereocenters. The van der Waals surface area contributed by atoms with Crippen LogP contribution in [-0.2, 0) is 20.6 Å². The first-order chi connectivity index (χ1) is 8.73. The van der Waals surface area contributed by atoms with Crippen LogP contribution in [0.3, 0.4) is 0 Å². The lowest BCUT2D eigenvalue weighted by molar-refractivity contribution is -0.140. The number of benzene rings is 1. The zero-order chi connectivity index (χ0) is 14.6. The topological polar surface area (TPSA) is 83.5 Å². The highest BCUT2D eigenvalue weighted by molar-refractivity contribution is 9.10. The number of hydrogen-bond donors (Lipinski definition) is 2. The average Bonchev–Trinajstić information content (AvgIpc) is 2.28. The molecule has 0 saturated carbocycles. The van der Waals surface area contributed by atoms with Crippen LogP contribution in [-0.4, -0.2) is 25.5 Å². The summed E-state index contributed by atoms with van der Waals surface area (Å²) in [6.07, 6.45) is 0. The molecule has 0 spiro atoms. The highest BCUT2D eigenvalue weighted by Gasteiger charge is 2.27. The van der Waals surface area contributed by atoms with E-state index in [1.807, 2.05) is 0 Å². The van der Waals surface area contributed by atoms with E-state index in [0.29, 0.717) is 10.0 Å². The van der Waals surface area contributed by atoms with Crippen LogP contribution in [0.15, 0.2) is 28.7 Å². The van der Waals surface area contributed by atoms with E-state index < -0.39 is 22.0 Å². The van der Waals surface area contributed by atoms with Gasteiger partial charge in [-0.1, -0.05) is 48.0 Å². The third kappa shape index (κ3) is 4.93. The molecule has 0 aliphatic rings. The predicted molar refractivity (Wildman–Crippen MR) is 76.2 cm³/mol. The molecule has 0 aliphatic carbocycles. The molecule has 0 aromatic heterocycles. The van der Waals surface area contributed by atoms with Crippen molar-refractivity contribution in [2.24, 2.45) is 5.92 Å². The van der Waals surface area contributed by atoms with Crippen LogP contribution in [0.25, 0.3) is 0 Å². The van der Waals surface area contributed by atoms with Crippen molar-refractivity contribution >= 4 is 31.9 Å². The predicted octanol–water partition coefficient (Wildman–Crippen LogP) is 1.98. The molecular weight excluding hydrogens is 334 g/mol. The Balaban J connectivity index is 2.88. The molecule has 2 N–H and O–H groups in total. The Morgan fingerprint density at radius 2 is 1.95 bits per heavy atom. The van der Waals surface area contributed by atoms with Gasteiger partial charge < -0.3 is 5.11 Å². The van der Waals surface area contributed by atoms with Crippen molar-refractivity contribution in [3.63, 3.8) is 0 Å². The van der Waals surface area contributed by atoms with E-state index in [-0.39, 0.29) is 11.7 Å². The fourth-order valence-electron chi connectivity index (χ4n) is 1.53. The van der Waals surface area contributed by atoms with Gasteiger partial charge >= 0.3 is 5.97 Å². The minimum absolute atomic E-state index is 0.259. The average molecular weight is 350 g/mol. The zero-order valence-electron chi connectivity index (χ0n) is 10.6. The maximum absolute atomic E-state index is 12.0. The van der Waals surface area contributed by atoms with Gasteiger partial charge in [-0.25, -0.2) is 13.1 Å².